The summed E-state index contributed by atoms with van der Waals surface area (Å²) in [5.41, 5.74) is 0.819. The van der Waals surface area contributed by atoms with Gasteiger partial charge in [-0.2, -0.15) is 11.3 Å². The van der Waals surface area contributed by atoms with Crippen molar-refractivity contribution in [2.45, 2.75) is 24.5 Å². The van der Waals surface area contributed by atoms with Crippen LogP contribution in [0.25, 0.3) is 0 Å². The van der Waals surface area contributed by atoms with Crippen molar-refractivity contribution in [1.29, 1.82) is 0 Å². The lowest BCUT2D eigenvalue weighted by Crippen LogP contribution is -2.26. The zero-order valence-electron chi connectivity index (χ0n) is 10.7. The molecule has 0 amide bonds. The maximum Gasteiger partial charge on any atom is 0.241 e. The maximum absolute atomic E-state index is 13.3. The molecule has 2 rings (SSSR count). The first-order valence-electron chi connectivity index (χ1n) is 5.88. The molecule has 1 aromatic carbocycles. The fourth-order valence-corrected chi connectivity index (χ4v) is 3.77. The van der Waals surface area contributed by atoms with E-state index in [2.05, 4.69) is 4.72 Å². The van der Waals surface area contributed by atoms with Gasteiger partial charge in [-0.15, -0.1) is 0 Å². The van der Waals surface area contributed by atoms with E-state index in [1.807, 2.05) is 16.8 Å². The molecule has 1 aromatic heterocycles. The lowest BCUT2D eigenvalue weighted by atomic mass is 10.2. The second-order valence-electron chi connectivity index (χ2n) is 4.31. The predicted molar refractivity (Wildman–Crippen MR) is 75.4 cm³/mol. The minimum absolute atomic E-state index is 0.0453. The summed E-state index contributed by atoms with van der Waals surface area (Å²) in [6.07, 6.45) is 0. The number of sulfonamides is 1. The molecular weight excluding hydrogens is 301 g/mol. The van der Waals surface area contributed by atoms with Crippen molar-refractivity contribution in [1.82, 2.24) is 4.72 Å². The molecule has 20 heavy (non-hydrogen) atoms. The Bertz CT molecular complexity index is 684. The number of nitrogens with one attached hydrogen (secondary N) is 1. The second kappa shape index (κ2) is 6.01. The van der Waals surface area contributed by atoms with E-state index < -0.39 is 22.4 Å². The van der Waals surface area contributed by atoms with Crippen LogP contribution < -0.4 is 4.72 Å². The van der Waals surface area contributed by atoms with Crippen LogP contribution in [0.1, 0.15) is 24.1 Å². The van der Waals surface area contributed by atoms with Crippen molar-refractivity contribution >= 4 is 21.4 Å². The average Bonchev–Trinajstić information content (AvgIpc) is 2.92. The van der Waals surface area contributed by atoms with Gasteiger partial charge in [0.1, 0.15) is 5.82 Å². The smallest absolute Gasteiger partial charge is 0.241 e. The van der Waals surface area contributed by atoms with Crippen molar-refractivity contribution in [2.75, 3.05) is 0 Å². The minimum atomic E-state index is -3.76. The van der Waals surface area contributed by atoms with Crippen LogP contribution in [0, 0.1) is 5.82 Å². The third kappa shape index (κ3) is 3.24. The third-order valence-electron chi connectivity index (χ3n) is 2.87. The van der Waals surface area contributed by atoms with Crippen molar-refractivity contribution in [3.8, 4) is 0 Å². The average molecular weight is 315 g/mol. The lowest BCUT2D eigenvalue weighted by molar-refractivity contribution is 0.275. The van der Waals surface area contributed by atoms with E-state index in [-0.39, 0.29) is 16.5 Å². The number of benzene rings is 1. The molecule has 0 bridgehead atoms. The zero-order chi connectivity index (χ0) is 14.8. The van der Waals surface area contributed by atoms with E-state index in [4.69, 9.17) is 5.11 Å². The molecule has 2 N–H and O–H groups in total. The Morgan fingerprint density at radius 3 is 2.75 bits per heavy atom. The fraction of sp³-hybridized carbons (Fsp3) is 0.231. The van der Waals surface area contributed by atoms with Gasteiger partial charge in [-0.05, 0) is 47.5 Å². The molecule has 0 aliphatic heterocycles. The largest absolute Gasteiger partial charge is 0.392 e. The van der Waals surface area contributed by atoms with Gasteiger partial charge in [0, 0.05) is 11.6 Å². The first-order chi connectivity index (χ1) is 9.44. The summed E-state index contributed by atoms with van der Waals surface area (Å²) in [6.45, 7) is 1.19. The Labute approximate surface area is 120 Å². The molecule has 1 atom stereocenters. The van der Waals surface area contributed by atoms with Crippen LogP contribution in [0.5, 0.6) is 0 Å². The van der Waals surface area contributed by atoms with Crippen LogP contribution in [0.4, 0.5) is 4.39 Å². The summed E-state index contributed by atoms with van der Waals surface area (Å²) >= 11 is 1.48. The molecule has 0 spiro atoms. The molecule has 108 valence electrons. The summed E-state index contributed by atoms with van der Waals surface area (Å²) in [5.74, 6) is -0.627. The molecule has 1 heterocycles. The molecule has 0 saturated heterocycles. The summed E-state index contributed by atoms with van der Waals surface area (Å²) in [6, 6.07) is 4.81. The minimum Gasteiger partial charge on any atom is -0.392 e. The van der Waals surface area contributed by atoms with Gasteiger partial charge < -0.3 is 5.11 Å². The van der Waals surface area contributed by atoms with Crippen LogP contribution in [0.15, 0.2) is 39.9 Å². The molecule has 1 unspecified atom stereocenters. The Balaban J connectivity index is 2.26. The summed E-state index contributed by atoms with van der Waals surface area (Å²) in [7, 11) is -3.76. The van der Waals surface area contributed by atoms with Gasteiger partial charge in [0.15, 0.2) is 0 Å². The van der Waals surface area contributed by atoms with Gasteiger partial charge in [-0.1, -0.05) is 0 Å². The van der Waals surface area contributed by atoms with E-state index in [1.165, 1.54) is 17.4 Å². The molecule has 0 fully saturated rings. The zero-order valence-corrected chi connectivity index (χ0v) is 12.3. The topological polar surface area (TPSA) is 66.4 Å². The van der Waals surface area contributed by atoms with E-state index in [0.717, 1.165) is 17.7 Å². The van der Waals surface area contributed by atoms with Crippen molar-refractivity contribution in [3.05, 3.63) is 52.0 Å². The van der Waals surface area contributed by atoms with Crippen LogP contribution in [-0.2, 0) is 16.6 Å². The van der Waals surface area contributed by atoms with Crippen LogP contribution >= 0.6 is 11.3 Å². The first kappa shape index (κ1) is 15.1. The number of halogens is 1. The fourth-order valence-electron chi connectivity index (χ4n) is 1.73. The lowest BCUT2D eigenvalue weighted by Gasteiger charge is -2.13. The van der Waals surface area contributed by atoms with Gasteiger partial charge >= 0.3 is 0 Å². The Morgan fingerprint density at radius 1 is 1.40 bits per heavy atom. The standard InChI is InChI=1S/C13H14FNO3S2/c1-9(10-4-5-19-8-10)15-20(17,18)12-2-3-13(14)11(6-12)7-16/h2-6,8-9,15-16H,7H2,1H3. The van der Waals surface area contributed by atoms with Crippen LogP contribution in [-0.4, -0.2) is 13.5 Å². The van der Waals surface area contributed by atoms with Gasteiger partial charge in [-0.25, -0.2) is 17.5 Å². The molecule has 0 aliphatic rings. The Morgan fingerprint density at radius 2 is 2.15 bits per heavy atom. The van der Waals surface area contributed by atoms with Crippen molar-refractivity contribution < 1.29 is 17.9 Å². The highest BCUT2D eigenvalue weighted by Gasteiger charge is 2.19. The molecule has 0 aliphatic carbocycles. The van der Waals surface area contributed by atoms with Gasteiger partial charge in [0.25, 0.3) is 0 Å². The van der Waals surface area contributed by atoms with Crippen molar-refractivity contribution in [3.63, 3.8) is 0 Å². The normalized spacial score (nSPS) is 13.3. The van der Waals surface area contributed by atoms with Gasteiger partial charge in [0.05, 0.1) is 11.5 Å². The second-order valence-corrected chi connectivity index (χ2v) is 6.81. The summed E-state index contributed by atoms with van der Waals surface area (Å²) in [5, 5.41) is 12.7. The third-order valence-corrected chi connectivity index (χ3v) is 5.11. The molecule has 0 saturated carbocycles. The number of thiophene rings is 1. The highest BCUT2D eigenvalue weighted by molar-refractivity contribution is 7.89. The Hall–Kier alpha value is -1.28. The number of aliphatic hydroxyl groups excluding tert-OH is 1. The summed E-state index contributed by atoms with van der Waals surface area (Å²) in [4.78, 5) is -0.0648. The highest BCUT2D eigenvalue weighted by atomic mass is 32.2. The molecule has 7 heteroatoms. The first-order valence-corrected chi connectivity index (χ1v) is 8.30. The highest BCUT2D eigenvalue weighted by Crippen LogP contribution is 2.20. The molecule has 2 aromatic rings. The van der Waals surface area contributed by atoms with E-state index in [9.17, 15) is 12.8 Å². The molecule has 4 nitrogen and oxygen atoms in total. The number of rotatable bonds is 5. The Kier molecular flexibility index (Phi) is 4.54. The van der Waals surface area contributed by atoms with Gasteiger partial charge in [-0.3, -0.25) is 0 Å². The quantitative estimate of drug-likeness (QED) is 0.890. The number of hydrogen-bond donors (Lipinski definition) is 2. The SMILES string of the molecule is CC(NS(=O)(=O)c1ccc(F)c(CO)c1)c1ccsc1. The van der Waals surface area contributed by atoms with E-state index in [1.54, 1.807) is 6.92 Å². The van der Waals surface area contributed by atoms with Crippen molar-refractivity contribution in [2.24, 2.45) is 0 Å². The maximum atomic E-state index is 13.3. The van der Waals surface area contributed by atoms with Crippen LogP contribution in [0.3, 0.4) is 0 Å². The summed E-state index contributed by atoms with van der Waals surface area (Å²) < 4.78 is 40.2. The monoisotopic (exact) mass is 315 g/mol. The van der Waals surface area contributed by atoms with E-state index >= 15 is 0 Å². The van der Waals surface area contributed by atoms with Crippen LogP contribution in [0.2, 0.25) is 0 Å². The van der Waals surface area contributed by atoms with E-state index in [0.29, 0.717) is 0 Å². The molecule has 0 radical (unpaired) electrons. The number of hydrogen-bond acceptors (Lipinski definition) is 4. The molecular formula is C13H14FNO3S2. The number of aliphatic hydroxyl groups is 1. The predicted octanol–water partition coefficient (Wildman–Crippen LogP) is 2.42. The van der Waals surface area contributed by atoms with Gasteiger partial charge in [0.2, 0.25) is 10.0 Å².